The summed E-state index contributed by atoms with van der Waals surface area (Å²) in [5.41, 5.74) is 0.985. The molecule has 0 N–H and O–H groups in total. The molecule has 0 unspecified atom stereocenters. The van der Waals surface area contributed by atoms with Crippen LogP contribution < -0.4 is 4.74 Å². The van der Waals surface area contributed by atoms with Gasteiger partial charge in [-0.05, 0) is 50.5 Å². The summed E-state index contributed by atoms with van der Waals surface area (Å²) in [7, 11) is 0. The molecule has 0 radical (unpaired) electrons. The summed E-state index contributed by atoms with van der Waals surface area (Å²) in [4.78, 5) is 6.77. The van der Waals surface area contributed by atoms with E-state index >= 15 is 0 Å². The van der Waals surface area contributed by atoms with Gasteiger partial charge in [-0.15, -0.1) is 0 Å². The molecular weight excluding hydrogens is 212 g/mol. The van der Waals surface area contributed by atoms with Gasteiger partial charge in [-0.25, -0.2) is 4.99 Å². The Hall–Kier alpha value is -1.51. The zero-order chi connectivity index (χ0) is 11.9. The van der Waals surface area contributed by atoms with Crippen molar-refractivity contribution < 1.29 is 4.74 Å². The van der Waals surface area contributed by atoms with E-state index in [1.54, 1.807) is 0 Å². The molecule has 1 fully saturated rings. The van der Waals surface area contributed by atoms with Gasteiger partial charge in [0.1, 0.15) is 5.75 Å². The highest BCUT2D eigenvalue weighted by atomic mass is 16.5. The van der Waals surface area contributed by atoms with E-state index < -0.39 is 0 Å². The van der Waals surface area contributed by atoms with Crippen LogP contribution in [0.25, 0.3) is 0 Å². The molecule has 0 aromatic heterocycles. The third-order valence-electron chi connectivity index (χ3n) is 2.91. The first-order valence-corrected chi connectivity index (χ1v) is 6.39. The fourth-order valence-corrected chi connectivity index (χ4v) is 1.98. The Morgan fingerprint density at radius 2 is 1.88 bits per heavy atom. The van der Waals surface area contributed by atoms with Crippen molar-refractivity contribution in [3.05, 3.63) is 24.3 Å². The van der Waals surface area contributed by atoms with Gasteiger partial charge in [-0.2, -0.15) is 0 Å². The number of likely N-dealkylation sites (tertiary alicyclic amines) is 1. The van der Waals surface area contributed by atoms with Crippen LogP contribution in [-0.2, 0) is 0 Å². The first kappa shape index (κ1) is 12.0. The maximum absolute atomic E-state index is 5.39. The highest BCUT2D eigenvalue weighted by Crippen LogP contribution is 2.18. The van der Waals surface area contributed by atoms with Crippen LogP contribution in [0, 0.1) is 0 Å². The molecule has 0 spiro atoms. The smallest absolute Gasteiger partial charge is 0.119 e. The van der Waals surface area contributed by atoms with Gasteiger partial charge in [0.25, 0.3) is 0 Å². The predicted molar refractivity (Wildman–Crippen MR) is 71.2 cm³/mol. The highest BCUT2D eigenvalue weighted by molar-refractivity contribution is 5.61. The Kier molecular flexibility index (Phi) is 4.42. The SMILES string of the molecule is CCOc1ccc(N=CN2CCCCC2)cc1. The lowest BCUT2D eigenvalue weighted by molar-refractivity contribution is 0.340. The molecule has 92 valence electrons. The number of nitrogens with zero attached hydrogens (tertiary/aromatic N) is 2. The van der Waals surface area contributed by atoms with Crippen molar-refractivity contribution in [2.24, 2.45) is 4.99 Å². The lowest BCUT2D eigenvalue weighted by atomic mass is 10.1. The number of benzene rings is 1. The van der Waals surface area contributed by atoms with E-state index in [9.17, 15) is 0 Å². The molecule has 2 rings (SSSR count). The van der Waals surface area contributed by atoms with E-state index in [1.807, 2.05) is 37.5 Å². The van der Waals surface area contributed by atoms with Gasteiger partial charge >= 0.3 is 0 Å². The summed E-state index contributed by atoms with van der Waals surface area (Å²) >= 11 is 0. The lowest BCUT2D eigenvalue weighted by Gasteiger charge is -2.23. The van der Waals surface area contributed by atoms with E-state index in [1.165, 1.54) is 19.3 Å². The Morgan fingerprint density at radius 1 is 1.18 bits per heavy atom. The van der Waals surface area contributed by atoms with Gasteiger partial charge in [0.15, 0.2) is 0 Å². The van der Waals surface area contributed by atoms with Crippen molar-refractivity contribution in [1.29, 1.82) is 0 Å². The normalized spacial score (nSPS) is 16.4. The molecule has 1 aromatic carbocycles. The van der Waals surface area contributed by atoms with Crippen LogP contribution in [0.1, 0.15) is 26.2 Å². The number of ether oxygens (including phenoxy) is 1. The maximum atomic E-state index is 5.39. The van der Waals surface area contributed by atoms with E-state index in [0.717, 1.165) is 24.5 Å². The molecule has 1 aliphatic rings. The van der Waals surface area contributed by atoms with Crippen LogP contribution in [0.15, 0.2) is 29.3 Å². The maximum Gasteiger partial charge on any atom is 0.119 e. The molecule has 3 nitrogen and oxygen atoms in total. The van der Waals surface area contributed by atoms with E-state index in [-0.39, 0.29) is 0 Å². The molecular formula is C14H20N2O. The molecule has 0 bridgehead atoms. The van der Waals surface area contributed by atoms with Crippen LogP contribution >= 0.6 is 0 Å². The van der Waals surface area contributed by atoms with Crippen LogP contribution in [0.3, 0.4) is 0 Å². The Morgan fingerprint density at radius 3 is 2.53 bits per heavy atom. The number of hydrogen-bond acceptors (Lipinski definition) is 2. The van der Waals surface area contributed by atoms with Gasteiger partial charge in [-0.3, -0.25) is 0 Å². The molecule has 1 heterocycles. The summed E-state index contributed by atoms with van der Waals surface area (Å²) in [5, 5.41) is 0. The predicted octanol–water partition coefficient (Wildman–Crippen LogP) is 3.23. The average molecular weight is 232 g/mol. The van der Waals surface area contributed by atoms with E-state index in [0.29, 0.717) is 6.61 Å². The molecule has 0 atom stereocenters. The third kappa shape index (κ3) is 3.77. The lowest BCUT2D eigenvalue weighted by Crippen LogP contribution is -2.27. The van der Waals surface area contributed by atoms with Crippen LogP contribution in [0.5, 0.6) is 5.75 Å². The monoisotopic (exact) mass is 232 g/mol. The summed E-state index contributed by atoms with van der Waals surface area (Å²) in [6.45, 7) is 4.97. The Balaban J connectivity index is 1.91. The van der Waals surface area contributed by atoms with Crippen molar-refractivity contribution in [3.63, 3.8) is 0 Å². The van der Waals surface area contributed by atoms with Gasteiger partial charge in [0, 0.05) is 13.1 Å². The van der Waals surface area contributed by atoms with Crippen molar-refractivity contribution in [3.8, 4) is 5.75 Å². The molecule has 3 heteroatoms. The summed E-state index contributed by atoms with van der Waals surface area (Å²) in [6.07, 6.45) is 5.90. The average Bonchev–Trinajstić information content (AvgIpc) is 2.40. The van der Waals surface area contributed by atoms with Gasteiger partial charge in [0.2, 0.25) is 0 Å². The zero-order valence-electron chi connectivity index (χ0n) is 10.4. The minimum absolute atomic E-state index is 0.705. The van der Waals surface area contributed by atoms with Crippen LogP contribution in [0.4, 0.5) is 5.69 Å². The fraction of sp³-hybridized carbons (Fsp3) is 0.500. The first-order chi connectivity index (χ1) is 8.38. The molecule has 0 aliphatic carbocycles. The number of hydrogen-bond donors (Lipinski definition) is 0. The highest BCUT2D eigenvalue weighted by Gasteiger charge is 2.05. The Bertz CT molecular complexity index is 353. The van der Waals surface area contributed by atoms with Crippen LogP contribution in [-0.4, -0.2) is 30.9 Å². The van der Waals surface area contributed by atoms with Gasteiger partial charge in [0.05, 0.1) is 18.6 Å². The molecule has 0 saturated carbocycles. The third-order valence-corrected chi connectivity index (χ3v) is 2.91. The molecule has 0 amide bonds. The molecule has 1 aliphatic heterocycles. The van der Waals surface area contributed by atoms with Crippen molar-refractivity contribution >= 4 is 12.0 Å². The minimum Gasteiger partial charge on any atom is -0.494 e. The topological polar surface area (TPSA) is 24.8 Å². The van der Waals surface area contributed by atoms with Gasteiger partial charge in [-0.1, -0.05) is 0 Å². The van der Waals surface area contributed by atoms with E-state index in [2.05, 4.69) is 9.89 Å². The van der Waals surface area contributed by atoms with Crippen molar-refractivity contribution in [1.82, 2.24) is 4.90 Å². The summed E-state index contributed by atoms with van der Waals surface area (Å²) < 4.78 is 5.39. The number of rotatable bonds is 4. The molecule has 1 saturated heterocycles. The Labute approximate surface area is 103 Å². The van der Waals surface area contributed by atoms with Gasteiger partial charge < -0.3 is 9.64 Å². The molecule has 1 aromatic rings. The summed E-state index contributed by atoms with van der Waals surface area (Å²) in [6, 6.07) is 7.91. The largest absolute Gasteiger partial charge is 0.494 e. The second-order valence-corrected chi connectivity index (χ2v) is 4.27. The second-order valence-electron chi connectivity index (χ2n) is 4.27. The van der Waals surface area contributed by atoms with Crippen molar-refractivity contribution in [2.75, 3.05) is 19.7 Å². The standard InChI is InChI=1S/C14H20N2O/c1-2-17-14-8-6-13(7-9-14)15-12-16-10-4-3-5-11-16/h6-9,12H,2-5,10-11H2,1H3. The minimum atomic E-state index is 0.705. The van der Waals surface area contributed by atoms with E-state index in [4.69, 9.17) is 4.74 Å². The number of piperidine rings is 1. The quantitative estimate of drug-likeness (QED) is 0.588. The van der Waals surface area contributed by atoms with Crippen LogP contribution in [0.2, 0.25) is 0 Å². The fourth-order valence-electron chi connectivity index (χ4n) is 1.98. The number of aliphatic imine (C=N–C) groups is 1. The molecule has 17 heavy (non-hydrogen) atoms. The second kappa shape index (κ2) is 6.28. The zero-order valence-corrected chi connectivity index (χ0v) is 10.4. The summed E-state index contributed by atoms with van der Waals surface area (Å²) in [5.74, 6) is 0.907. The van der Waals surface area contributed by atoms with Crippen molar-refractivity contribution in [2.45, 2.75) is 26.2 Å². The first-order valence-electron chi connectivity index (χ1n) is 6.39.